The molecule has 2 aromatic carbocycles. The molecule has 116 valence electrons. The van der Waals surface area contributed by atoms with Gasteiger partial charge in [-0.2, -0.15) is 5.10 Å². The summed E-state index contributed by atoms with van der Waals surface area (Å²) in [5, 5.41) is 28.0. The third kappa shape index (κ3) is 2.77. The summed E-state index contributed by atoms with van der Waals surface area (Å²) in [6.45, 7) is 0.448. The lowest BCUT2D eigenvalue weighted by Gasteiger charge is -2.02. The van der Waals surface area contributed by atoms with Crippen LogP contribution < -0.4 is 5.73 Å². The number of nitrogens with one attached hydrogen (secondary N) is 1. The second-order valence-electron chi connectivity index (χ2n) is 5.00. The van der Waals surface area contributed by atoms with Gasteiger partial charge >= 0.3 is 0 Å². The molecular formula is C16H14N4O3. The van der Waals surface area contributed by atoms with Crippen LogP contribution in [0.4, 0.5) is 5.69 Å². The minimum absolute atomic E-state index is 0.000600. The Morgan fingerprint density at radius 2 is 1.70 bits per heavy atom. The van der Waals surface area contributed by atoms with Crippen LogP contribution in [0.1, 0.15) is 5.56 Å². The van der Waals surface area contributed by atoms with Crippen molar-refractivity contribution in [3.63, 3.8) is 0 Å². The molecule has 4 N–H and O–H groups in total. The van der Waals surface area contributed by atoms with Crippen molar-refractivity contribution in [2.75, 3.05) is 0 Å². The highest BCUT2D eigenvalue weighted by molar-refractivity contribution is 5.77. The number of nitrogens with two attached hydrogens (primary N) is 1. The van der Waals surface area contributed by atoms with Gasteiger partial charge in [-0.3, -0.25) is 15.2 Å². The molecule has 23 heavy (non-hydrogen) atoms. The molecule has 7 nitrogen and oxygen atoms in total. The Labute approximate surface area is 131 Å². The first-order valence-electron chi connectivity index (χ1n) is 6.91. The number of nitro groups is 1. The maximum atomic E-state index is 10.7. The Hall–Kier alpha value is -3.19. The van der Waals surface area contributed by atoms with Gasteiger partial charge in [-0.05, 0) is 17.7 Å². The summed E-state index contributed by atoms with van der Waals surface area (Å²) < 4.78 is 0. The maximum absolute atomic E-state index is 10.7. The van der Waals surface area contributed by atoms with Gasteiger partial charge in [0.1, 0.15) is 11.4 Å². The summed E-state index contributed by atoms with van der Waals surface area (Å²) >= 11 is 0. The highest BCUT2D eigenvalue weighted by atomic mass is 16.6. The smallest absolute Gasteiger partial charge is 0.269 e. The third-order valence-corrected chi connectivity index (χ3v) is 3.57. The van der Waals surface area contributed by atoms with E-state index in [1.165, 1.54) is 12.1 Å². The minimum atomic E-state index is -0.474. The summed E-state index contributed by atoms with van der Waals surface area (Å²) in [6.07, 6.45) is 0. The second kappa shape index (κ2) is 5.90. The van der Waals surface area contributed by atoms with Crippen molar-refractivity contribution in [1.82, 2.24) is 10.2 Å². The molecule has 1 heterocycles. The number of hydrogen-bond acceptors (Lipinski definition) is 5. The first kappa shape index (κ1) is 14.7. The molecule has 0 amide bonds. The molecule has 0 aliphatic heterocycles. The lowest BCUT2D eigenvalue weighted by Crippen LogP contribution is -1.95. The van der Waals surface area contributed by atoms with Crippen molar-refractivity contribution >= 4 is 5.69 Å². The molecule has 3 aromatic rings. The molecule has 1 aromatic heterocycles. The van der Waals surface area contributed by atoms with E-state index >= 15 is 0 Å². The fraction of sp³-hybridized carbons (Fsp3) is 0.0625. The third-order valence-electron chi connectivity index (χ3n) is 3.57. The van der Waals surface area contributed by atoms with Gasteiger partial charge < -0.3 is 10.8 Å². The van der Waals surface area contributed by atoms with E-state index in [9.17, 15) is 15.2 Å². The SMILES string of the molecule is NCc1ccc(-c2[nH]nc(-c3ccc([N+](=O)[O-])cc3)c2O)cc1. The highest BCUT2D eigenvalue weighted by Crippen LogP contribution is 2.36. The van der Waals surface area contributed by atoms with Crippen LogP contribution in [0, 0.1) is 10.1 Å². The highest BCUT2D eigenvalue weighted by Gasteiger charge is 2.16. The zero-order valence-corrected chi connectivity index (χ0v) is 12.1. The minimum Gasteiger partial charge on any atom is -0.504 e. The molecule has 0 aliphatic carbocycles. The number of hydrogen-bond donors (Lipinski definition) is 3. The van der Waals surface area contributed by atoms with E-state index in [-0.39, 0.29) is 11.4 Å². The number of rotatable bonds is 4. The van der Waals surface area contributed by atoms with Gasteiger partial charge in [0.05, 0.1) is 4.92 Å². The van der Waals surface area contributed by atoms with Crippen LogP contribution in [0.2, 0.25) is 0 Å². The molecular weight excluding hydrogens is 296 g/mol. The zero-order chi connectivity index (χ0) is 16.4. The predicted molar refractivity (Wildman–Crippen MR) is 85.7 cm³/mol. The predicted octanol–water partition coefficient (Wildman–Crippen LogP) is 2.82. The molecule has 0 aliphatic rings. The quantitative estimate of drug-likeness (QED) is 0.506. The largest absolute Gasteiger partial charge is 0.504 e. The van der Waals surface area contributed by atoms with Gasteiger partial charge in [-0.1, -0.05) is 24.3 Å². The monoisotopic (exact) mass is 310 g/mol. The van der Waals surface area contributed by atoms with Gasteiger partial charge in [0.15, 0.2) is 5.75 Å². The van der Waals surface area contributed by atoms with Crippen LogP contribution in [0.25, 0.3) is 22.5 Å². The molecule has 0 fully saturated rings. The number of aromatic nitrogens is 2. The maximum Gasteiger partial charge on any atom is 0.269 e. The van der Waals surface area contributed by atoms with E-state index in [1.807, 2.05) is 24.3 Å². The van der Waals surface area contributed by atoms with Crippen LogP contribution in [-0.4, -0.2) is 20.2 Å². The lowest BCUT2D eigenvalue weighted by atomic mass is 10.1. The summed E-state index contributed by atoms with van der Waals surface area (Å²) in [5.41, 5.74) is 8.74. The fourth-order valence-electron chi connectivity index (χ4n) is 2.29. The molecule has 0 radical (unpaired) electrons. The number of nitro benzene ring substituents is 1. The number of non-ortho nitro benzene ring substituents is 1. The average molecular weight is 310 g/mol. The fourth-order valence-corrected chi connectivity index (χ4v) is 2.29. The molecule has 0 unspecified atom stereocenters. The van der Waals surface area contributed by atoms with E-state index in [1.54, 1.807) is 12.1 Å². The van der Waals surface area contributed by atoms with Gasteiger partial charge in [0, 0.05) is 29.8 Å². The van der Waals surface area contributed by atoms with Gasteiger partial charge in [-0.25, -0.2) is 0 Å². The Morgan fingerprint density at radius 3 is 2.26 bits per heavy atom. The average Bonchev–Trinajstić information content (AvgIpc) is 2.96. The molecule has 0 spiro atoms. The van der Waals surface area contributed by atoms with Crippen LogP contribution >= 0.6 is 0 Å². The van der Waals surface area contributed by atoms with Gasteiger partial charge in [0.25, 0.3) is 5.69 Å². The number of nitrogens with zero attached hydrogens (tertiary/aromatic N) is 2. The van der Waals surface area contributed by atoms with Crippen molar-refractivity contribution in [3.05, 3.63) is 64.2 Å². The number of benzene rings is 2. The van der Waals surface area contributed by atoms with E-state index < -0.39 is 4.92 Å². The molecule has 0 saturated heterocycles. The summed E-state index contributed by atoms with van der Waals surface area (Å²) in [7, 11) is 0. The van der Waals surface area contributed by atoms with Crippen molar-refractivity contribution in [2.24, 2.45) is 5.73 Å². The van der Waals surface area contributed by atoms with Gasteiger partial charge in [-0.15, -0.1) is 0 Å². The van der Waals surface area contributed by atoms with Crippen LogP contribution in [-0.2, 0) is 6.54 Å². The number of aromatic hydroxyl groups is 1. The standard InChI is InChI=1S/C16H14N4O3/c17-9-10-1-3-11(4-2-10)14-16(21)15(19-18-14)12-5-7-13(8-6-12)20(22)23/h1-8,21H,9,17H2,(H,18,19). The van der Waals surface area contributed by atoms with Crippen LogP contribution in [0.5, 0.6) is 5.75 Å². The van der Waals surface area contributed by atoms with Crippen molar-refractivity contribution < 1.29 is 10.0 Å². The van der Waals surface area contributed by atoms with Crippen molar-refractivity contribution in [1.29, 1.82) is 0 Å². The molecule has 0 saturated carbocycles. The Morgan fingerprint density at radius 1 is 1.09 bits per heavy atom. The first-order valence-corrected chi connectivity index (χ1v) is 6.91. The Bertz CT molecular complexity index is 839. The van der Waals surface area contributed by atoms with Gasteiger partial charge in [0.2, 0.25) is 0 Å². The summed E-state index contributed by atoms with van der Waals surface area (Å²) in [5.74, 6) is -0.000600. The molecule has 0 atom stereocenters. The topological polar surface area (TPSA) is 118 Å². The Balaban J connectivity index is 1.96. The van der Waals surface area contributed by atoms with Crippen LogP contribution in [0.15, 0.2) is 48.5 Å². The molecule has 7 heteroatoms. The lowest BCUT2D eigenvalue weighted by molar-refractivity contribution is -0.384. The second-order valence-corrected chi connectivity index (χ2v) is 5.00. The van der Waals surface area contributed by atoms with E-state index in [4.69, 9.17) is 5.73 Å². The van der Waals surface area contributed by atoms with Crippen molar-refractivity contribution in [3.8, 4) is 28.3 Å². The molecule has 3 rings (SSSR count). The summed E-state index contributed by atoms with van der Waals surface area (Å²) in [6, 6.07) is 13.3. The van der Waals surface area contributed by atoms with Crippen molar-refractivity contribution in [2.45, 2.75) is 6.54 Å². The summed E-state index contributed by atoms with van der Waals surface area (Å²) in [4.78, 5) is 10.2. The van der Waals surface area contributed by atoms with E-state index in [0.717, 1.165) is 11.1 Å². The van der Waals surface area contributed by atoms with E-state index in [2.05, 4.69) is 10.2 Å². The first-order chi connectivity index (χ1) is 11.1. The van der Waals surface area contributed by atoms with Crippen LogP contribution in [0.3, 0.4) is 0 Å². The molecule has 0 bridgehead atoms. The normalized spacial score (nSPS) is 10.7. The Kier molecular flexibility index (Phi) is 3.78. The number of H-pyrrole nitrogens is 1. The zero-order valence-electron chi connectivity index (χ0n) is 12.1. The number of aromatic amines is 1. The van der Waals surface area contributed by atoms with E-state index in [0.29, 0.717) is 23.5 Å².